The average Bonchev–Trinajstić information content (AvgIpc) is 2.43. The highest BCUT2D eigenvalue weighted by Crippen LogP contribution is 2.22. The zero-order chi connectivity index (χ0) is 14.7. The van der Waals surface area contributed by atoms with Crippen LogP contribution in [0, 0.1) is 0 Å². The van der Waals surface area contributed by atoms with Crippen molar-refractivity contribution in [1.82, 2.24) is 4.90 Å². The van der Waals surface area contributed by atoms with Crippen molar-refractivity contribution in [2.24, 2.45) is 0 Å². The van der Waals surface area contributed by atoms with E-state index in [1.54, 1.807) is 30.1 Å². The minimum Gasteiger partial charge on any atom is -0.398 e. The summed E-state index contributed by atoms with van der Waals surface area (Å²) in [5.41, 5.74) is 8.03. The number of anilines is 1. The summed E-state index contributed by atoms with van der Waals surface area (Å²) in [7, 11) is 1.78. The van der Waals surface area contributed by atoms with Gasteiger partial charge in [0.1, 0.15) is 0 Å². The van der Waals surface area contributed by atoms with Crippen molar-refractivity contribution >= 4 is 43.5 Å². The largest absolute Gasteiger partial charge is 0.398 e. The number of nitrogen functional groups attached to an aromatic ring is 1. The van der Waals surface area contributed by atoms with Crippen LogP contribution in [0.2, 0.25) is 0 Å². The lowest BCUT2D eigenvalue weighted by molar-refractivity contribution is 0.0785. The molecule has 0 saturated heterocycles. The van der Waals surface area contributed by atoms with Gasteiger partial charge in [-0.05, 0) is 45.8 Å². The van der Waals surface area contributed by atoms with Crippen LogP contribution in [-0.2, 0) is 6.54 Å². The Labute approximate surface area is 135 Å². The molecule has 0 bridgehead atoms. The first-order chi connectivity index (χ1) is 9.49. The average molecular weight is 398 g/mol. The second-order valence-electron chi connectivity index (χ2n) is 4.49. The predicted molar refractivity (Wildman–Crippen MR) is 88.5 cm³/mol. The molecule has 2 rings (SSSR count). The molecule has 0 spiro atoms. The maximum atomic E-state index is 12.4. The lowest BCUT2D eigenvalue weighted by Crippen LogP contribution is -2.26. The van der Waals surface area contributed by atoms with Crippen LogP contribution >= 0.6 is 31.9 Å². The number of hydrogen-bond acceptors (Lipinski definition) is 2. The van der Waals surface area contributed by atoms with E-state index in [0.29, 0.717) is 17.8 Å². The topological polar surface area (TPSA) is 46.3 Å². The molecular weight excluding hydrogens is 384 g/mol. The highest BCUT2D eigenvalue weighted by atomic mass is 79.9. The van der Waals surface area contributed by atoms with E-state index in [1.807, 2.05) is 24.3 Å². The quantitative estimate of drug-likeness (QED) is 0.793. The van der Waals surface area contributed by atoms with Gasteiger partial charge >= 0.3 is 0 Å². The summed E-state index contributed by atoms with van der Waals surface area (Å²) < 4.78 is 1.73. The van der Waals surface area contributed by atoms with Crippen LogP contribution < -0.4 is 5.73 Å². The molecule has 104 valence electrons. The van der Waals surface area contributed by atoms with Gasteiger partial charge in [0.15, 0.2) is 0 Å². The van der Waals surface area contributed by atoms with Crippen molar-refractivity contribution in [2.45, 2.75) is 6.54 Å². The van der Waals surface area contributed by atoms with Gasteiger partial charge in [0.05, 0.1) is 0 Å². The molecule has 20 heavy (non-hydrogen) atoms. The standard InChI is InChI=1S/C15H14Br2N2O/c1-19(9-11-4-2-3-5-12(11)16)15(20)10-6-7-14(18)13(17)8-10/h2-8H,9,18H2,1H3. The zero-order valence-electron chi connectivity index (χ0n) is 10.9. The molecule has 0 aliphatic heterocycles. The van der Waals surface area contributed by atoms with Gasteiger partial charge in [-0.2, -0.15) is 0 Å². The Morgan fingerprint density at radius 2 is 1.85 bits per heavy atom. The van der Waals surface area contributed by atoms with Crippen molar-refractivity contribution in [3.63, 3.8) is 0 Å². The summed E-state index contributed by atoms with van der Waals surface area (Å²) in [6.07, 6.45) is 0. The summed E-state index contributed by atoms with van der Waals surface area (Å²) in [6, 6.07) is 13.1. The maximum absolute atomic E-state index is 12.4. The molecular formula is C15H14Br2N2O. The molecule has 2 aromatic carbocycles. The van der Waals surface area contributed by atoms with Crippen LogP contribution in [0.3, 0.4) is 0 Å². The van der Waals surface area contributed by atoms with E-state index in [1.165, 1.54) is 0 Å². The third-order valence-electron chi connectivity index (χ3n) is 2.96. The Hall–Kier alpha value is -1.33. The van der Waals surface area contributed by atoms with Crippen LogP contribution in [0.15, 0.2) is 51.4 Å². The summed E-state index contributed by atoms with van der Waals surface area (Å²) in [6.45, 7) is 0.544. The van der Waals surface area contributed by atoms with E-state index >= 15 is 0 Å². The van der Waals surface area contributed by atoms with Crippen molar-refractivity contribution < 1.29 is 4.79 Å². The molecule has 0 aliphatic carbocycles. The van der Waals surface area contributed by atoms with E-state index in [4.69, 9.17) is 5.73 Å². The number of rotatable bonds is 3. The maximum Gasteiger partial charge on any atom is 0.253 e. The number of carbonyl (C=O) groups is 1. The van der Waals surface area contributed by atoms with Gasteiger partial charge in [0.25, 0.3) is 5.91 Å². The summed E-state index contributed by atoms with van der Waals surface area (Å²) in [5, 5.41) is 0. The predicted octanol–water partition coefficient (Wildman–Crippen LogP) is 4.07. The number of amides is 1. The Bertz CT molecular complexity index is 644. The normalized spacial score (nSPS) is 10.3. The highest BCUT2D eigenvalue weighted by molar-refractivity contribution is 9.10. The third kappa shape index (κ3) is 3.41. The number of carbonyl (C=O) groups excluding carboxylic acids is 1. The number of nitrogens with zero attached hydrogens (tertiary/aromatic N) is 1. The molecule has 3 nitrogen and oxygen atoms in total. The van der Waals surface area contributed by atoms with Crippen LogP contribution in [0.5, 0.6) is 0 Å². The molecule has 0 fully saturated rings. The Morgan fingerprint density at radius 3 is 2.50 bits per heavy atom. The summed E-state index contributed by atoms with van der Waals surface area (Å²) in [5.74, 6) is -0.0403. The first-order valence-corrected chi connectivity index (χ1v) is 7.61. The molecule has 0 unspecified atom stereocenters. The van der Waals surface area contributed by atoms with E-state index in [0.717, 1.165) is 14.5 Å². The second-order valence-corrected chi connectivity index (χ2v) is 6.20. The number of hydrogen-bond donors (Lipinski definition) is 1. The molecule has 5 heteroatoms. The molecule has 0 atom stereocenters. The van der Waals surface area contributed by atoms with Gasteiger partial charge in [0.2, 0.25) is 0 Å². The minimum atomic E-state index is -0.0403. The third-order valence-corrected chi connectivity index (χ3v) is 4.42. The smallest absolute Gasteiger partial charge is 0.253 e. The van der Waals surface area contributed by atoms with E-state index in [9.17, 15) is 4.79 Å². The molecule has 1 amide bonds. The van der Waals surface area contributed by atoms with E-state index in [-0.39, 0.29) is 5.91 Å². The van der Waals surface area contributed by atoms with Gasteiger partial charge in [-0.25, -0.2) is 0 Å². The molecule has 0 radical (unpaired) electrons. The molecule has 0 saturated carbocycles. The fraction of sp³-hybridized carbons (Fsp3) is 0.133. The Balaban J connectivity index is 2.16. The number of benzene rings is 2. The monoisotopic (exact) mass is 396 g/mol. The number of halogens is 2. The van der Waals surface area contributed by atoms with Crippen LogP contribution in [0.1, 0.15) is 15.9 Å². The van der Waals surface area contributed by atoms with Crippen molar-refractivity contribution in [1.29, 1.82) is 0 Å². The lowest BCUT2D eigenvalue weighted by atomic mass is 10.1. The Morgan fingerprint density at radius 1 is 1.15 bits per heavy atom. The summed E-state index contributed by atoms with van der Waals surface area (Å²) >= 11 is 6.83. The minimum absolute atomic E-state index is 0.0403. The SMILES string of the molecule is CN(Cc1ccccc1Br)C(=O)c1ccc(N)c(Br)c1. The fourth-order valence-electron chi connectivity index (χ4n) is 1.83. The first kappa shape index (κ1) is 15.1. The van der Waals surface area contributed by atoms with Gasteiger partial charge in [-0.1, -0.05) is 34.1 Å². The van der Waals surface area contributed by atoms with Crippen molar-refractivity contribution in [3.8, 4) is 0 Å². The first-order valence-electron chi connectivity index (χ1n) is 6.03. The van der Waals surface area contributed by atoms with Crippen LogP contribution in [0.4, 0.5) is 5.69 Å². The zero-order valence-corrected chi connectivity index (χ0v) is 14.1. The van der Waals surface area contributed by atoms with E-state index < -0.39 is 0 Å². The fourth-order valence-corrected chi connectivity index (χ4v) is 2.62. The highest BCUT2D eigenvalue weighted by Gasteiger charge is 2.14. The summed E-state index contributed by atoms with van der Waals surface area (Å²) in [4.78, 5) is 14.1. The van der Waals surface area contributed by atoms with Gasteiger partial charge < -0.3 is 10.6 Å². The van der Waals surface area contributed by atoms with Crippen LogP contribution in [0.25, 0.3) is 0 Å². The molecule has 2 N–H and O–H groups in total. The van der Waals surface area contributed by atoms with Crippen molar-refractivity contribution in [3.05, 3.63) is 62.5 Å². The van der Waals surface area contributed by atoms with E-state index in [2.05, 4.69) is 31.9 Å². The molecule has 0 heterocycles. The van der Waals surface area contributed by atoms with Gasteiger partial charge in [-0.15, -0.1) is 0 Å². The Kier molecular flexibility index (Phi) is 4.83. The molecule has 0 aliphatic rings. The van der Waals surface area contributed by atoms with Gasteiger partial charge in [0, 0.05) is 33.8 Å². The van der Waals surface area contributed by atoms with Crippen LogP contribution in [-0.4, -0.2) is 17.9 Å². The molecule has 2 aromatic rings. The van der Waals surface area contributed by atoms with Gasteiger partial charge in [-0.3, -0.25) is 4.79 Å². The second kappa shape index (κ2) is 6.41. The number of nitrogens with two attached hydrogens (primary N) is 1. The lowest BCUT2D eigenvalue weighted by Gasteiger charge is -2.18. The molecule has 0 aromatic heterocycles. The van der Waals surface area contributed by atoms with Crippen molar-refractivity contribution in [2.75, 3.05) is 12.8 Å².